The number of rotatable bonds is 6. The van der Waals surface area contributed by atoms with E-state index in [4.69, 9.17) is 14.5 Å². The number of ether oxygens (including phenoxy) is 2. The van der Waals surface area contributed by atoms with E-state index in [1.165, 1.54) is 5.39 Å². The molecule has 0 unspecified atom stereocenters. The summed E-state index contributed by atoms with van der Waals surface area (Å²) in [6.45, 7) is 5.51. The summed E-state index contributed by atoms with van der Waals surface area (Å²) >= 11 is 0. The van der Waals surface area contributed by atoms with Gasteiger partial charge in [-0.25, -0.2) is 4.98 Å². The summed E-state index contributed by atoms with van der Waals surface area (Å²) in [5.74, 6) is 1.79. The molecule has 28 heavy (non-hydrogen) atoms. The number of nitrogens with zero attached hydrogens (tertiary/aromatic N) is 2. The van der Waals surface area contributed by atoms with Gasteiger partial charge >= 0.3 is 0 Å². The normalized spacial score (nSPS) is 14.5. The zero-order valence-corrected chi connectivity index (χ0v) is 15.6. The summed E-state index contributed by atoms with van der Waals surface area (Å²) in [4.78, 5) is 7.34. The monoisotopic (exact) mass is 379 g/mol. The molecule has 1 aromatic heterocycles. The molecule has 1 N–H and O–H groups in total. The maximum atomic E-state index is 5.42. The molecule has 1 aliphatic rings. The number of fused-ring (bicyclic) bond motifs is 1. The Hall–Kier alpha value is -2.63. The van der Waals surface area contributed by atoms with Crippen LogP contribution in [-0.2, 0) is 4.74 Å². The van der Waals surface area contributed by atoms with Crippen LogP contribution in [0, 0.1) is 0 Å². The summed E-state index contributed by atoms with van der Waals surface area (Å²) in [7, 11) is 1.68. The minimum Gasteiger partial charge on any atom is -0.497 e. The number of hydrogen-bond donors (Lipinski definition) is 1. The largest absolute Gasteiger partial charge is 0.497 e. The van der Waals surface area contributed by atoms with E-state index in [0.717, 1.165) is 67.6 Å². The molecule has 1 saturated heterocycles. The van der Waals surface area contributed by atoms with Gasteiger partial charge in [-0.15, -0.1) is 0 Å². The summed E-state index contributed by atoms with van der Waals surface area (Å²) in [5.41, 5.74) is 2.04. The van der Waals surface area contributed by atoms with Gasteiger partial charge in [0, 0.05) is 37.1 Å². The third kappa shape index (κ3) is 4.61. The third-order valence-electron chi connectivity index (χ3n) is 4.95. The SMILES string of the molecule is C.COc1ccc(-c2cc3ccccc3c(NCCN3CCOCC3)n2)cc1. The Bertz CT molecular complexity index is 890. The summed E-state index contributed by atoms with van der Waals surface area (Å²) in [6.07, 6.45) is 0. The first kappa shape index (κ1) is 20.1. The van der Waals surface area contributed by atoms with Gasteiger partial charge in [0.05, 0.1) is 26.0 Å². The van der Waals surface area contributed by atoms with Crippen molar-refractivity contribution in [1.29, 1.82) is 0 Å². The lowest BCUT2D eigenvalue weighted by molar-refractivity contribution is 0.0398. The molecule has 5 heteroatoms. The van der Waals surface area contributed by atoms with Crippen LogP contribution < -0.4 is 10.1 Å². The van der Waals surface area contributed by atoms with Gasteiger partial charge in [0.1, 0.15) is 11.6 Å². The van der Waals surface area contributed by atoms with Crippen molar-refractivity contribution in [3.8, 4) is 17.0 Å². The smallest absolute Gasteiger partial charge is 0.134 e. The quantitative estimate of drug-likeness (QED) is 0.692. The zero-order valence-electron chi connectivity index (χ0n) is 15.6. The Balaban J connectivity index is 0.00000225. The van der Waals surface area contributed by atoms with E-state index in [9.17, 15) is 0 Å². The van der Waals surface area contributed by atoms with Gasteiger partial charge in [-0.3, -0.25) is 4.90 Å². The molecule has 0 radical (unpaired) electrons. The molecule has 0 atom stereocenters. The summed E-state index contributed by atoms with van der Waals surface area (Å²) in [6, 6.07) is 18.6. The van der Waals surface area contributed by atoms with Crippen LogP contribution in [0.3, 0.4) is 0 Å². The van der Waals surface area contributed by atoms with Crippen molar-refractivity contribution >= 4 is 16.6 Å². The third-order valence-corrected chi connectivity index (χ3v) is 4.95. The number of anilines is 1. The molecule has 0 saturated carbocycles. The van der Waals surface area contributed by atoms with E-state index in [0.29, 0.717) is 0 Å². The van der Waals surface area contributed by atoms with E-state index < -0.39 is 0 Å². The Morgan fingerprint density at radius 2 is 1.82 bits per heavy atom. The van der Waals surface area contributed by atoms with Crippen LogP contribution in [0.2, 0.25) is 0 Å². The van der Waals surface area contributed by atoms with Crippen LogP contribution in [0.15, 0.2) is 54.6 Å². The number of pyridine rings is 1. The van der Waals surface area contributed by atoms with E-state index in [-0.39, 0.29) is 7.43 Å². The van der Waals surface area contributed by atoms with Crippen molar-refractivity contribution in [2.75, 3.05) is 51.8 Å². The Kier molecular flexibility index (Phi) is 6.85. The maximum absolute atomic E-state index is 5.42. The predicted octanol–water partition coefficient (Wildman–Crippen LogP) is 4.29. The highest BCUT2D eigenvalue weighted by Gasteiger charge is 2.11. The Labute approximate surface area is 167 Å². The standard InChI is InChI=1S/C22H25N3O2.CH4/c1-26-19-8-6-17(7-9-19)21-16-18-4-2-3-5-20(18)22(24-21)23-10-11-25-12-14-27-15-13-25;/h2-9,16H,10-15H2,1H3,(H,23,24);1H4. The molecule has 148 valence electrons. The van der Waals surface area contributed by atoms with E-state index in [2.05, 4.69) is 40.5 Å². The average Bonchev–Trinajstić information content (AvgIpc) is 2.74. The number of benzene rings is 2. The van der Waals surface area contributed by atoms with E-state index in [1.807, 2.05) is 24.3 Å². The van der Waals surface area contributed by atoms with E-state index >= 15 is 0 Å². The number of hydrogen-bond acceptors (Lipinski definition) is 5. The molecular weight excluding hydrogens is 350 g/mol. The van der Waals surface area contributed by atoms with Gasteiger partial charge in [-0.2, -0.15) is 0 Å². The number of nitrogens with one attached hydrogen (secondary N) is 1. The fraction of sp³-hybridized carbons (Fsp3) is 0.348. The molecule has 4 rings (SSSR count). The summed E-state index contributed by atoms with van der Waals surface area (Å²) < 4.78 is 10.7. The predicted molar refractivity (Wildman–Crippen MR) is 116 cm³/mol. The van der Waals surface area contributed by atoms with Crippen molar-refractivity contribution in [3.05, 3.63) is 54.6 Å². The lowest BCUT2D eigenvalue weighted by atomic mass is 10.1. The zero-order chi connectivity index (χ0) is 18.5. The first-order valence-corrected chi connectivity index (χ1v) is 9.42. The molecule has 0 spiro atoms. The topological polar surface area (TPSA) is 46.6 Å². The van der Waals surface area contributed by atoms with Gasteiger partial charge in [0.2, 0.25) is 0 Å². The van der Waals surface area contributed by atoms with Crippen LogP contribution in [0.5, 0.6) is 5.75 Å². The van der Waals surface area contributed by atoms with Crippen LogP contribution in [0.1, 0.15) is 7.43 Å². The lowest BCUT2D eigenvalue weighted by Gasteiger charge is -2.26. The minimum atomic E-state index is 0. The highest BCUT2D eigenvalue weighted by atomic mass is 16.5. The van der Waals surface area contributed by atoms with Crippen LogP contribution in [0.4, 0.5) is 5.82 Å². The molecule has 0 amide bonds. The molecule has 2 heterocycles. The van der Waals surface area contributed by atoms with Crippen LogP contribution >= 0.6 is 0 Å². The van der Waals surface area contributed by atoms with Gasteiger partial charge in [-0.05, 0) is 35.7 Å². The molecular formula is C23H29N3O2. The lowest BCUT2D eigenvalue weighted by Crippen LogP contribution is -2.39. The second-order valence-corrected chi connectivity index (χ2v) is 6.69. The fourth-order valence-electron chi connectivity index (χ4n) is 3.40. The second kappa shape index (κ2) is 9.53. The van der Waals surface area contributed by atoms with Gasteiger partial charge in [0.15, 0.2) is 0 Å². The molecule has 3 aromatic rings. The van der Waals surface area contributed by atoms with Crippen molar-refractivity contribution in [1.82, 2.24) is 9.88 Å². The first-order chi connectivity index (χ1) is 13.3. The highest BCUT2D eigenvalue weighted by molar-refractivity contribution is 5.94. The molecule has 0 aliphatic carbocycles. The molecule has 1 aliphatic heterocycles. The highest BCUT2D eigenvalue weighted by Crippen LogP contribution is 2.28. The summed E-state index contributed by atoms with van der Waals surface area (Å²) in [5, 5.41) is 5.89. The van der Waals surface area contributed by atoms with Crippen molar-refractivity contribution in [2.24, 2.45) is 0 Å². The number of methoxy groups -OCH3 is 1. The molecule has 1 fully saturated rings. The fourth-order valence-corrected chi connectivity index (χ4v) is 3.40. The van der Waals surface area contributed by atoms with Crippen LogP contribution in [-0.4, -0.2) is 56.4 Å². The molecule has 5 nitrogen and oxygen atoms in total. The maximum Gasteiger partial charge on any atom is 0.134 e. The number of morpholine rings is 1. The van der Waals surface area contributed by atoms with Crippen LogP contribution in [0.25, 0.3) is 22.0 Å². The van der Waals surface area contributed by atoms with Gasteiger partial charge in [0.25, 0.3) is 0 Å². The first-order valence-electron chi connectivity index (χ1n) is 9.42. The minimum absolute atomic E-state index is 0. The van der Waals surface area contributed by atoms with Gasteiger partial charge in [-0.1, -0.05) is 31.7 Å². The van der Waals surface area contributed by atoms with Crippen molar-refractivity contribution < 1.29 is 9.47 Å². The number of aromatic nitrogens is 1. The van der Waals surface area contributed by atoms with Crippen molar-refractivity contribution in [3.63, 3.8) is 0 Å². The second-order valence-electron chi connectivity index (χ2n) is 6.69. The Morgan fingerprint density at radius 3 is 2.57 bits per heavy atom. The Morgan fingerprint density at radius 1 is 1.07 bits per heavy atom. The van der Waals surface area contributed by atoms with Gasteiger partial charge < -0.3 is 14.8 Å². The average molecular weight is 380 g/mol. The van der Waals surface area contributed by atoms with Crippen molar-refractivity contribution in [2.45, 2.75) is 7.43 Å². The molecule has 0 bridgehead atoms. The van der Waals surface area contributed by atoms with E-state index in [1.54, 1.807) is 7.11 Å². The molecule has 2 aromatic carbocycles.